The van der Waals surface area contributed by atoms with Crippen LogP contribution in [0.15, 0.2) is 18.2 Å². The van der Waals surface area contributed by atoms with Crippen LogP contribution in [0.3, 0.4) is 0 Å². The third-order valence-corrected chi connectivity index (χ3v) is 5.11. The number of anilines is 1. The summed E-state index contributed by atoms with van der Waals surface area (Å²) in [6.07, 6.45) is 1.74. The zero-order valence-electron chi connectivity index (χ0n) is 12.0. The number of amides is 2. The van der Waals surface area contributed by atoms with Crippen molar-refractivity contribution in [3.8, 4) is 0 Å². The van der Waals surface area contributed by atoms with E-state index < -0.39 is 15.1 Å². The first-order valence-corrected chi connectivity index (χ1v) is 8.54. The van der Waals surface area contributed by atoms with Crippen molar-refractivity contribution in [1.29, 1.82) is 0 Å². The molecule has 0 radical (unpaired) electrons. The second kappa shape index (κ2) is 5.44. The van der Waals surface area contributed by atoms with E-state index in [4.69, 9.17) is 0 Å². The van der Waals surface area contributed by atoms with Crippen LogP contribution in [0.4, 0.5) is 10.5 Å². The average molecular weight is 296 g/mol. The van der Waals surface area contributed by atoms with E-state index in [0.29, 0.717) is 13.0 Å². The molecule has 0 bridgehead atoms. The van der Waals surface area contributed by atoms with E-state index in [1.165, 1.54) is 6.26 Å². The Bertz CT molecular complexity index is 605. The predicted molar refractivity (Wildman–Crippen MR) is 79.8 cm³/mol. The summed E-state index contributed by atoms with van der Waals surface area (Å²) in [5.74, 6) is 0. The van der Waals surface area contributed by atoms with Crippen molar-refractivity contribution in [3.63, 3.8) is 0 Å². The van der Waals surface area contributed by atoms with Gasteiger partial charge in [-0.1, -0.05) is 6.07 Å². The molecule has 2 rings (SSSR count). The maximum Gasteiger partial charge on any atom is 0.321 e. The lowest BCUT2D eigenvalue weighted by Crippen LogP contribution is -2.34. The minimum Gasteiger partial charge on any atom is -0.323 e. The lowest BCUT2D eigenvalue weighted by Gasteiger charge is -2.17. The second-order valence-corrected chi connectivity index (χ2v) is 7.82. The van der Waals surface area contributed by atoms with Gasteiger partial charge < -0.3 is 10.2 Å². The molecule has 6 heteroatoms. The van der Waals surface area contributed by atoms with Crippen molar-refractivity contribution >= 4 is 21.6 Å². The fourth-order valence-corrected chi connectivity index (χ4v) is 3.50. The monoisotopic (exact) mass is 296 g/mol. The van der Waals surface area contributed by atoms with Gasteiger partial charge in [-0.3, -0.25) is 0 Å². The number of likely N-dealkylation sites (tertiary alicyclic amines) is 1. The highest BCUT2D eigenvalue weighted by Crippen LogP contribution is 2.19. The van der Waals surface area contributed by atoms with Crippen molar-refractivity contribution in [3.05, 3.63) is 29.3 Å². The number of hydrogen-bond donors (Lipinski definition) is 1. The molecule has 1 atom stereocenters. The third kappa shape index (κ3) is 3.50. The third-order valence-electron chi connectivity index (χ3n) is 3.51. The molecule has 1 aromatic rings. The zero-order chi connectivity index (χ0) is 14.9. The molecule has 0 spiro atoms. The van der Waals surface area contributed by atoms with Crippen molar-refractivity contribution in [2.75, 3.05) is 24.7 Å². The van der Waals surface area contributed by atoms with Crippen LogP contribution in [-0.2, 0) is 9.84 Å². The van der Waals surface area contributed by atoms with Gasteiger partial charge in [0.1, 0.15) is 0 Å². The molecule has 1 saturated heterocycles. The summed E-state index contributed by atoms with van der Waals surface area (Å²) in [6.45, 7) is 4.69. The van der Waals surface area contributed by atoms with Crippen LogP contribution in [0.25, 0.3) is 0 Å². The SMILES string of the molecule is Cc1cc(C)cc(NC(=O)N2CCC(S(C)(=O)=O)C2)c1. The Hall–Kier alpha value is -1.56. The van der Waals surface area contributed by atoms with Gasteiger partial charge in [0.15, 0.2) is 9.84 Å². The van der Waals surface area contributed by atoms with Crippen LogP contribution < -0.4 is 5.32 Å². The molecule has 2 amide bonds. The minimum atomic E-state index is -3.08. The smallest absolute Gasteiger partial charge is 0.321 e. The number of nitrogens with one attached hydrogen (secondary N) is 1. The molecule has 0 aromatic heterocycles. The Labute approximate surface area is 119 Å². The number of rotatable bonds is 2. The van der Waals surface area contributed by atoms with Crippen LogP contribution in [0.2, 0.25) is 0 Å². The van der Waals surface area contributed by atoms with Crippen molar-refractivity contribution in [2.45, 2.75) is 25.5 Å². The second-order valence-electron chi connectivity index (χ2n) is 5.49. The molecule has 1 N–H and O–H groups in total. The molecule has 5 nitrogen and oxygen atoms in total. The molecule has 1 heterocycles. The number of urea groups is 1. The molecule has 1 fully saturated rings. The van der Waals surface area contributed by atoms with E-state index in [1.54, 1.807) is 4.90 Å². The van der Waals surface area contributed by atoms with Crippen molar-refractivity contribution in [1.82, 2.24) is 4.90 Å². The van der Waals surface area contributed by atoms with Crippen LogP contribution in [0, 0.1) is 13.8 Å². The number of hydrogen-bond acceptors (Lipinski definition) is 3. The first kappa shape index (κ1) is 14.8. The standard InChI is InChI=1S/C14H20N2O3S/c1-10-6-11(2)8-12(7-10)15-14(17)16-5-4-13(9-16)20(3,18)19/h6-8,13H,4-5,9H2,1-3H3,(H,15,17). The lowest BCUT2D eigenvalue weighted by atomic mass is 10.1. The van der Waals surface area contributed by atoms with Gasteiger partial charge in [-0.15, -0.1) is 0 Å². The molecule has 1 aliphatic heterocycles. The first-order valence-electron chi connectivity index (χ1n) is 6.59. The highest BCUT2D eigenvalue weighted by Gasteiger charge is 2.32. The number of carbonyl (C=O) groups excluding carboxylic acids is 1. The molecule has 20 heavy (non-hydrogen) atoms. The number of aryl methyl sites for hydroxylation is 2. The maximum atomic E-state index is 12.1. The van der Waals surface area contributed by atoms with Gasteiger partial charge in [-0.2, -0.15) is 0 Å². The molecule has 0 aliphatic carbocycles. The topological polar surface area (TPSA) is 66.5 Å². The van der Waals surface area contributed by atoms with E-state index in [9.17, 15) is 13.2 Å². The van der Waals surface area contributed by atoms with Gasteiger partial charge in [-0.05, 0) is 43.5 Å². The van der Waals surface area contributed by atoms with E-state index >= 15 is 0 Å². The molecule has 1 aromatic carbocycles. The largest absolute Gasteiger partial charge is 0.323 e. The van der Waals surface area contributed by atoms with E-state index in [0.717, 1.165) is 16.8 Å². The fraction of sp³-hybridized carbons (Fsp3) is 0.500. The summed E-state index contributed by atoms with van der Waals surface area (Å²) in [4.78, 5) is 13.7. The Morgan fingerprint density at radius 3 is 2.35 bits per heavy atom. The summed E-state index contributed by atoms with van der Waals surface area (Å²) in [7, 11) is -3.08. The molecule has 110 valence electrons. The molecule has 1 unspecified atom stereocenters. The molecule has 1 aliphatic rings. The number of nitrogens with zero attached hydrogens (tertiary/aromatic N) is 1. The molecular formula is C14H20N2O3S. The van der Waals surface area contributed by atoms with Crippen LogP contribution in [0.5, 0.6) is 0 Å². The molecule has 0 saturated carbocycles. The predicted octanol–water partition coefficient (Wildman–Crippen LogP) is 1.95. The quantitative estimate of drug-likeness (QED) is 0.907. The summed E-state index contributed by atoms with van der Waals surface area (Å²) in [6, 6.07) is 5.59. The van der Waals surface area contributed by atoms with Crippen LogP contribution in [-0.4, -0.2) is 43.9 Å². The Morgan fingerprint density at radius 1 is 1.25 bits per heavy atom. The number of sulfone groups is 1. The lowest BCUT2D eigenvalue weighted by molar-refractivity contribution is 0.222. The molecular weight excluding hydrogens is 276 g/mol. The number of carbonyl (C=O) groups is 1. The van der Waals surface area contributed by atoms with Gasteiger partial charge in [0.25, 0.3) is 0 Å². The Balaban J connectivity index is 2.03. The van der Waals surface area contributed by atoms with Gasteiger partial charge in [0.2, 0.25) is 0 Å². The van der Waals surface area contributed by atoms with Crippen LogP contribution >= 0.6 is 0 Å². The number of benzene rings is 1. The van der Waals surface area contributed by atoms with Crippen LogP contribution in [0.1, 0.15) is 17.5 Å². The normalized spacial score (nSPS) is 19.1. The van der Waals surface area contributed by atoms with Gasteiger partial charge in [0.05, 0.1) is 5.25 Å². The summed E-state index contributed by atoms with van der Waals surface area (Å²) in [5, 5.41) is 2.39. The Morgan fingerprint density at radius 2 is 1.85 bits per heavy atom. The Kier molecular flexibility index (Phi) is 4.04. The summed E-state index contributed by atoms with van der Waals surface area (Å²) < 4.78 is 23.0. The van der Waals surface area contributed by atoms with Crippen molar-refractivity contribution < 1.29 is 13.2 Å². The fourth-order valence-electron chi connectivity index (χ4n) is 2.51. The highest BCUT2D eigenvalue weighted by atomic mass is 32.2. The average Bonchev–Trinajstić information content (AvgIpc) is 2.75. The highest BCUT2D eigenvalue weighted by molar-refractivity contribution is 7.91. The van der Waals surface area contributed by atoms with Gasteiger partial charge in [-0.25, -0.2) is 13.2 Å². The zero-order valence-corrected chi connectivity index (χ0v) is 12.8. The van der Waals surface area contributed by atoms with Gasteiger partial charge >= 0.3 is 6.03 Å². The van der Waals surface area contributed by atoms with E-state index in [2.05, 4.69) is 5.32 Å². The maximum absolute atomic E-state index is 12.1. The summed E-state index contributed by atoms with van der Waals surface area (Å²) in [5.41, 5.74) is 2.90. The van der Waals surface area contributed by atoms with E-state index in [1.807, 2.05) is 32.0 Å². The minimum absolute atomic E-state index is 0.235. The first-order chi connectivity index (χ1) is 9.25. The van der Waals surface area contributed by atoms with Crippen molar-refractivity contribution in [2.24, 2.45) is 0 Å². The van der Waals surface area contributed by atoms with Gasteiger partial charge in [0, 0.05) is 25.0 Å². The van der Waals surface area contributed by atoms with E-state index in [-0.39, 0.29) is 12.6 Å². The summed E-state index contributed by atoms with van der Waals surface area (Å²) >= 11 is 0.